The van der Waals surface area contributed by atoms with Crippen LogP contribution in [0.5, 0.6) is 0 Å². The van der Waals surface area contributed by atoms with Crippen molar-refractivity contribution >= 4 is 34.8 Å². The molecule has 2 rings (SSSR count). The molecule has 1 aliphatic rings. The number of benzene rings is 1. The molecule has 0 radical (unpaired) electrons. The predicted octanol–water partition coefficient (Wildman–Crippen LogP) is 4.98. The molecule has 0 spiro atoms. The average molecular weight is 307 g/mol. The lowest BCUT2D eigenvalue weighted by Crippen LogP contribution is -2.34. The van der Waals surface area contributed by atoms with E-state index in [9.17, 15) is 0 Å². The highest BCUT2D eigenvalue weighted by molar-refractivity contribution is 6.42. The second-order valence-electron chi connectivity index (χ2n) is 4.81. The van der Waals surface area contributed by atoms with Gasteiger partial charge in [0.25, 0.3) is 0 Å². The minimum atomic E-state index is 0.631. The number of nitrogens with zero attached hydrogens (tertiary/aromatic N) is 1. The lowest BCUT2D eigenvalue weighted by Gasteiger charge is -2.28. The zero-order chi connectivity index (χ0) is 13.0. The molecular weight excluding hydrogens is 289 g/mol. The van der Waals surface area contributed by atoms with Gasteiger partial charge in [-0.15, -0.1) is 11.6 Å². The van der Waals surface area contributed by atoms with Gasteiger partial charge in [0.15, 0.2) is 0 Å². The van der Waals surface area contributed by atoms with Crippen LogP contribution in [0.2, 0.25) is 10.0 Å². The van der Waals surface area contributed by atoms with E-state index in [1.54, 1.807) is 0 Å². The van der Waals surface area contributed by atoms with Gasteiger partial charge in [0.2, 0.25) is 0 Å². The largest absolute Gasteiger partial charge is 0.295 e. The maximum atomic E-state index is 6.25. The summed E-state index contributed by atoms with van der Waals surface area (Å²) < 4.78 is 0. The molecule has 1 saturated carbocycles. The first-order valence-corrected chi connectivity index (χ1v) is 7.74. The van der Waals surface area contributed by atoms with E-state index in [1.807, 2.05) is 18.2 Å². The van der Waals surface area contributed by atoms with Crippen molar-refractivity contribution in [3.63, 3.8) is 0 Å². The Morgan fingerprint density at radius 2 is 1.89 bits per heavy atom. The summed E-state index contributed by atoms with van der Waals surface area (Å²) in [6, 6.07) is 6.48. The molecule has 0 saturated heterocycles. The first-order chi connectivity index (χ1) is 8.72. The summed E-state index contributed by atoms with van der Waals surface area (Å²) in [5.74, 6) is 0.661. The number of halogens is 3. The van der Waals surface area contributed by atoms with Crippen LogP contribution in [-0.4, -0.2) is 23.4 Å². The molecule has 1 aliphatic carbocycles. The van der Waals surface area contributed by atoms with E-state index in [0.717, 1.165) is 18.7 Å². The van der Waals surface area contributed by atoms with Crippen molar-refractivity contribution in [2.45, 2.75) is 38.3 Å². The van der Waals surface area contributed by atoms with Crippen LogP contribution in [0.15, 0.2) is 18.2 Å². The van der Waals surface area contributed by atoms with Gasteiger partial charge in [-0.1, -0.05) is 48.2 Å². The second kappa shape index (κ2) is 7.00. The first kappa shape index (κ1) is 14.5. The molecule has 0 unspecified atom stereocenters. The second-order valence-corrected chi connectivity index (χ2v) is 5.97. The molecule has 1 aromatic carbocycles. The van der Waals surface area contributed by atoms with Crippen molar-refractivity contribution in [3.8, 4) is 0 Å². The fraction of sp³-hybridized carbons (Fsp3) is 0.571. The van der Waals surface area contributed by atoms with Gasteiger partial charge in [-0.2, -0.15) is 0 Å². The maximum Gasteiger partial charge on any atom is 0.0637 e. The summed E-state index contributed by atoms with van der Waals surface area (Å²) in [4.78, 5) is 2.44. The summed E-state index contributed by atoms with van der Waals surface area (Å²) in [6.45, 7) is 1.76. The third-order valence-corrected chi connectivity index (χ3v) is 4.64. The number of rotatable bonds is 5. The fourth-order valence-electron chi connectivity index (χ4n) is 2.66. The summed E-state index contributed by atoms with van der Waals surface area (Å²) in [6.07, 6.45) is 5.20. The number of alkyl halides is 1. The quantitative estimate of drug-likeness (QED) is 0.694. The van der Waals surface area contributed by atoms with Gasteiger partial charge in [0, 0.05) is 25.0 Å². The zero-order valence-corrected chi connectivity index (χ0v) is 12.6. The molecule has 0 amide bonds. The highest BCUT2D eigenvalue weighted by atomic mass is 35.5. The van der Waals surface area contributed by atoms with Gasteiger partial charge >= 0.3 is 0 Å². The zero-order valence-electron chi connectivity index (χ0n) is 10.3. The standard InChI is InChI=1S/C14H18Cl3N/c15-8-9-18(12-5-1-2-6-12)10-11-4-3-7-13(16)14(11)17/h3-4,7,12H,1-2,5-6,8-10H2. The Bertz CT molecular complexity index is 389. The molecule has 1 aromatic rings. The van der Waals surface area contributed by atoms with Crippen LogP contribution in [0.1, 0.15) is 31.2 Å². The molecule has 0 bridgehead atoms. The number of hydrogen-bond acceptors (Lipinski definition) is 1. The van der Waals surface area contributed by atoms with E-state index < -0.39 is 0 Å². The molecule has 0 atom stereocenters. The van der Waals surface area contributed by atoms with E-state index in [2.05, 4.69) is 4.90 Å². The first-order valence-electron chi connectivity index (χ1n) is 6.45. The molecule has 0 aliphatic heterocycles. The van der Waals surface area contributed by atoms with Gasteiger partial charge < -0.3 is 0 Å². The van der Waals surface area contributed by atoms with Crippen LogP contribution >= 0.6 is 34.8 Å². The third kappa shape index (κ3) is 3.54. The van der Waals surface area contributed by atoms with Crippen LogP contribution in [0.25, 0.3) is 0 Å². The fourth-order valence-corrected chi connectivity index (χ4v) is 3.26. The molecule has 0 N–H and O–H groups in total. The molecule has 1 nitrogen and oxygen atoms in total. The molecule has 100 valence electrons. The summed E-state index contributed by atoms with van der Waals surface area (Å²) in [5.41, 5.74) is 1.10. The Labute approximate surface area is 124 Å². The van der Waals surface area contributed by atoms with Gasteiger partial charge in [0.1, 0.15) is 0 Å². The monoisotopic (exact) mass is 305 g/mol. The maximum absolute atomic E-state index is 6.25. The molecule has 1 fully saturated rings. The van der Waals surface area contributed by atoms with Crippen molar-refractivity contribution in [1.82, 2.24) is 4.90 Å². The van der Waals surface area contributed by atoms with Gasteiger partial charge in [0.05, 0.1) is 10.0 Å². The lowest BCUT2D eigenvalue weighted by atomic mass is 10.1. The Balaban J connectivity index is 2.10. The molecule has 0 aromatic heterocycles. The van der Waals surface area contributed by atoms with Gasteiger partial charge in [-0.05, 0) is 24.5 Å². The van der Waals surface area contributed by atoms with E-state index in [1.165, 1.54) is 25.7 Å². The molecule has 18 heavy (non-hydrogen) atoms. The van der Waals surface area contributed by atoms with Crippen molar-refractivity contribution in [2.24, 2.45) is 0 Å². The van der Waals surface area contributed by atoms with Crippen molar-refractivity contribution in [1.29, 1.82) is 0 Å². The highest BCUT2D eigenvalue weighted by Crippen LogP contribution is 2.29. The van der Waals surface area contributed by atoms with E-state index in [-0.39, 0.29) is 0 Å². The lowest BCUT2D eigenvalue weighted by molar-refractivity contribution is 0.201. The van der Waals surface area contributed by atoms with E-state index in [4.69, 9.17) is 34.8 Å². The van der Waals surface area contributed by atoms with Crippen LogP contribution in [-0.2, 0) is 6.54 Å². The summed E-state index contributed by atoms with van der Waals surface area (Å²) >= 11 is 18.2. The Morgan fingerprint density at radius 1 is 1.17 bits per heavy atom. The van der Waals surface area contributed by atoms with Crippen molar-refractivity contribution in [3.05, 3.63) is 33.8 Å². The Morgan fingerprint density at radius 3 is 2.56 bits per heavy atom. The van der Waals surface area contributed by atoms with E-state index >= 15 is 0 Å². The van der Waals surface area contributed by atoms with Crippen molar-refractivity contribution < 1.29 is 0 Å². The Kier molecular flexibility index (Phi) is 5.62. The smallest absolute Gasteiger partial charge is 0.0637 e. The normalized spacial score (nSPS) is 16.7. The summed E-state index contributed by atoms with van der Waals surface area (Å²) in [7, 11) is 0. The van der Waals surface area contributed by atoms with Crippen LogP contribution in [0, 0.1) is 0 Å². The Hall–Kier alpha value is 0.0500. The summed E-state index contributed by atoms with van der Waals surface area (Å²) in [5, 5.41) is 1.31. The molecular formula is C14H18Cl3N. The topological polar surface area (TPSA) is 3.24 Å². The third-order valence-electron chi connectivity index (χ3n) is 3.62. The number of hydrogen-bond donors (Lipinski definition) is 0. The van der Waals surface area contributed by atoms with E-state index in [0.29, 0.717) is 22.0 Å². The van der Waals surface area contributed by atoms with Crippen molar-refractivity contribution in [2.75, 3.05) is 12.4 Å². The highest BCUT2D eigenvalue weighted by Gasteiger charge is 2.22. The van der Waals surface area contributed by atoms with Gasteiger partial charge in [-0.25, -0.2) is 0 Å². The average Bonchev–Trinajstić information content (AvgIpc) is 2.88. The van der Waals surface area contributed by atoms with Gasteiger partial charge in [-0.3, -0.25) is 4.90 Å². The predicted molar refractivity (Wildman–Crippen MR) is 79.8 cm³/mol. The van der Waals surface area contributed by atoms with Crippen LogP contribution in [0.4, 0.5) is 0 Å². The molecule has 4 heteroatoms. The SMILES string of the molecule is ClCCN(Cc1cccc(Cl)c1Cl)C1CCCC1. The van der Waals surface area contributed by atoms with Crippen LogP contribution < -0.4 is 0 Å². The molecule has 0 heterocycles. The minimum Gasteiger partial charge on any atom is -0.295 e. The van der Waals surface area contributed by atoms with Crippen LogP contribution in [0.3, 0.4) is 0 Å². The minimum absolute atomic E-state index is 0.631.